The number of dihydropyridines is 1. The normalized spacial score (nSPS) is 22.6. The Hall–Kier alpha value is -3.54. The first kappa shape index (κ1) is 23.2. The number of hydrogen-bond acceptors (Lipinski definition) is 6. The van der Waals surface area contributed by atoms with Gasteiger partial charge in [0.25, 0.3) is 0 Å². The van der Waals surface area contributed by atoms with Crippen LogP contribution in [0.25, 0.3) is 0 Å². The highest BCUT2D eigenvalue weighted by molar-refractivity contribution is 6.04. The third kappa shape index (κ3) is 4.57. The number of hydrogen-bond donors (Lipinski definition) is 2. The van der Waals surface area contributed by atoms with Crippen molar-refractivity contribution in [2.24, 2.45) is 0 Å². The van der Waals surface area contributed by atoms with Gasteiger partial charge in [0.1, 0.15) is 17.6 Å². The topological polar surface area (TPSA) is 84.9 Å². The molecule has 2 atom stereocenters. The fourth-order valence-electron chi connectivity index (χ4n) is 5.68. The maximum atomic E-state index is 13.7. The average Bonchev–Trinajstić information content (AvgIpc) is 3.36. The van der Waals surface area contributed by atoms with Gasteiger partial charge in [-0.15, -0.1) is 0 Å². The van der Waals surface area contributed by atoms with Crippen molar-refractivity contribution in [3.63, 3.8) is 0 Å². The number of carbonyl (C=O) groups excluding carboxylic acids is 2. The molecule has 1 heterocycles. The van der Waals surface area contributed by atoms with E-state index in [0.29, 0.717) is 35.2 Å². The molecule has 2 aromatic rings. The molecule has 0 aromatic heterocycles. The summed E-state index contributed by atoms with van der Waals surface area (Å²) in [6, 6.07) is 14.7. The molecule has 0 radical (unpaired) electrons. The molecule has 5 rings (SSSR count). The van der Waals surface area contributed by atoms with Crippen molar-refractivity contribution in [3.8, 4) is 11.5 Å². The Morgan fingerprint density at radius 1 is 1.03 bits per heavy atom. The number of nitrogens with one attached hydrogen (secondary N) is 1. The highest BCUT2D eigenvalue weighted by atomic mass is 16.5. The monoisotopic (exact) mass is 473 g/mol. The van der Waals surface area contributed by atoms with Gasteiger partial charge in [0.05, 0.1) is 12.7 Å². The van der Waals surface area contributed by atoms with Gasteiger partial charge in [-0.05, 0) is 80.3 Å². The van der Waals surface area contributed by atoms with Crippen LogP contribution in [0.4, 0.5) is 0 Å². The first-order valence-electron chi connectivity index (χ1n) is 12.3. The van der Waals surface area contributed by atoms with Crippen molar-refractivity contribution in [2.75, 3.05) is 7.11 Å². The van der Waals surface area contributed by atoms with E-state index in [1.54, 1.807) is 25.3 Å². The van der Waals surface area contributed by atoms with Gasteiger partial charge in [-0.1, -0.05) is 24.3 Å². The molecule has 182 valence electrons. The lowest BCUT2D eigenvalue weighted by Gasteiger charge is -2.37. The van der Waals surface area contributed by atoms with Crippen molar-refractivity contribution in [2.45, 2.75) is 63.4 Å². The minimum absolute atomic E-state index is 0.00609. The second-order valence-electron chi connectivity index (χ2n) is 9.70. The maximum absolute atomic E-state index is 13.7. The number of phenols is 1. The SMILES string of the molecule is COc1ccc([C@@H]2CC(=O)C3=C(C2)NC(C)=C(C(=O)OC2CCCC2)[C@@H]3c2cccc(O)c2)cc1. The quantitative estimate of drug-likeness (QED) is 0.577. The zero-order valence-electron chi connectivity index (χ0n) is 20.2. The van der Waals surface area contributed by atoms with Crippen molar-refractivity contribution in [1.82, 2.24) is 5.32 Å². The van der Waals surface area contributed by atoms with E-state index in [4.69, 9.17) is 9.47 Å². The molecule has 1 fully saturated rings. The first-order valence-corrected chi connectivity index (χ1v) is 12.3. The van der Waals surface area contributed by atoms with Crippen LogP contribution in [0.3, 0.4) is 0 Å². The molecule has 0 spiro atoms. The van der Waals surface area contributed by atoms with E-state index in [-0.39, 0.29) is 29.5 Å². The number of esters is 1. The lowest BCUT2D eigenvalue weighted by atomic mass is 9.71. The van der Waals surface area contributed by atoms with Crippen LogP contribution in [-0.4, -0.2) is 30.1 Å². The fourth-order valence-corrected chi connectivity index (χ4v) is 5.68. The van der Waals surface area contributed by atoms with E-state index in [0.717, 1.165) is 42.7 Å². The maximum Gasteiger partial charge on any atom is 0.337 e. The second kappa shape index (κ2) is 9.61. The van der Waals surface area contributed by atoms with Crippen molar-refractivity contribution < 1.29 is 24.2 Å². The molecule has 2 N–H and O–H groups in total. The molecule has 1 saturated carbocycles. The van der Waals surface area contributed by atoms with Crippen LogP contribution in [0.5, 0.6) is 11.5 Å². The van der Waals surface area contributed by atoms with Gasteiger partial charge in [0.15, 0.2) is 5.78 Å². The molecule has 0 unspecified atom stereocenters. The minimum atomic E-state index is -0.573. The molecular formula is C29H31NO5. The highest BCUT2D eigenvalue weighted by Gasteiger charge is 2.42. The third-order valence-corrected chi connectivity index (χ3v) is 7.41. The largest absolute Gasteiger partial charge is 0.508 e. The summed E-state index contributed by atoms with van der Waals surface area (Å²) < 4.78 is 11.2. The average molecular weight is 474 g/mol. The van der Waals surface area contributed by atoms with Crippen molar-refractivity contribution >= 4 is 11.8 Å². The van der Waals surface area contributed by atoms with Crippen LogP contribution >= 0.6 is 0 Å². The highest BCUT2D eigenvalue weighted by Crippen LogP contribution is 2.46. The predicted octanol–water partition coefficient (Wildman–Crippen LogP) is 5.25. The van der Waals surface area contributed by atoms with Crippen LogP contribution in [0.1, 0.15) is 68.4 Å². The summed E-state index contributed by atoms with van der Waals surface area (Å²) in [7, 11) is 1.63. The smallest absolute Gasteiger partial charge is 0.337 e. The Labute approximate surface area is 205 Å². The van der Waals surface area contributed by atoms with Crippen LogP contribution in [0.15, 0.2) is 71.1 Å². The number of ether oxygens (including phenoxy) is 2. The lowest BCUT2D eigenvalue weighted by molar-refractivity contribution is -0.144. The summed E-state index contributed by atoms with van der Waals surface area (Å²) in [6.07, 6.45) is 4.80. The predicted molar refractivity (Wildman–Crippen MR) is 132 cm³/mol. The van der Waals surface area contributed by atoms with Crippen LogP contribution < -0.4 is 10.1 Å². The molecule has 35 heavy (non-hydrogen) atoms. The summed E-state index contributed by atoms with van der Waals surface area (Å²) in [5.74, 6) is -0.0391. The summed E-state index contributed by atoms with van der Waals surface area (Å²) in [5, 5.41) is 13.6. The summed E-state index contributed by atoms with van der Waals surface area (Å²) >= 11 is 0. The molecule has 6 nitrogen and oxygen atoms in total. The number of phenolic OH excluding ortho intramolecular Hbond substituents is 1. The Morgan fingerprint density at radius 3 is 2.46 bits per heavy atom. The molecule has 2 aromatic carbocycles. The van der Waals surface area contributed by atoms with Gasteiger partial charge in [-0.3, -0.25) is 4.79 Å². The van der Waals surface area contributed by atoms with Gasteiger partial charge in [0, 0.05) is 29.3 Å². The standard InChI is InChI=1S/C29H31NO5/c1-17-26(29(33)35-23-8-3-4-9-23)27(19-6-5-7-21(31)14-19)28-24(30-17)15-20(16-25(28)32)18-10-12-22(34-2)13-11-18/h5-7,10-14,20,23,27,30-31H,3-4,8-9,15-16H2,1-2H3/t20-,27-/m0/s1. The van der Waals surface area contributed by atoms with E-state index in [9.17, 15) is 14.7 Å². The van der Waals surface area contributed by atoms with Gasteiger partial charge < -0.3 is 19.9 Å². The molecule has 2 aliphatic carbocycles. The molecule has 0 bridgehead atoms. The number of aromatic hydroxyl groups is 1. The number of methoxy groups -OCH3 is 1. The van der Waals surface area contributed by atoms with Crippen LogP contribution in [-0.2, 0) is 14.3 Å². The number of allylic oxidation sites excluding steroid dienone is 3. The Kier molecular flexibility index (Phi) is 6.37. The van der Waals surface area contributed by atoms with Crippen LogP contribution in [0.2, 0.25) is 0 Å². The Balaban J connectivity index is 1.52. The van der Waals surface area contributed by atoms with Gasteiger partial charge in [-0.2, -0.15) is 0 Å². The zero-order chi connectivity index (χ0) is 24.5. The van der Waals surface area contributed by atoms with Gasteiger partial charge in [0.2, 0.25) is 0 Å². The van der Waals surface area contributed by atoms with Crippen LogP contribution in [0, 0.1) is 0 Å². The van der Waals surface area contributed by atoms with Crippen molar-refractivity contribution in [1.29, 1.82) is 0 Å². The van der Waals surface area contributed by atoms with E-state index < -0.39 is 5.92 Å². The van der Waals surface area contributed by atoms with E-state index >= 15 is 0 Å². The lowest BCUT2D eigenvalue weighted by Crippen LogP contribution is -2.36. The van der Waals surface area contributed by atoms with E-state index in [2.05, 4.69) is 5.32 Å². The molecule has 0 amide bonds. The number of carbonyl (C=O) groups is 2. The van der Waals surface area contributed by atoms with Gasteiger partial charge in [-0.25, -0.2) is 4.79 Å². The number of rotatable bonds is 5. The summed E-state index contributed by atoms with van der Waals surface area (Å²) in [6.45, 7) is 1.87. The van der Waals surface area contributed by atoms with E-state index in [1.807, 2.05) is 37.3 Å². The molecule has 3 aliphatic rings. The fraction of sp³-hybridized carbons (Fsp3) is 0.379. The number of Topliss-reactive ketones (excluding diaryl/α,β-unsaturated/α-hetero) is 1. The molecule has 1 aliphatic heterocycles. The Morgan fingerprint density at radius 2 is 1.77 bits per heavy atom. The third-order valence-electron chi connectivity index (χ3n) is 7.41. The van der Waals surface area contributed by atoms with Crippen molar-refractivity contribution in [3.05, 3.63) is 82.2 Å². The van der Waals surface area contributed by atoms with Gasteiger partial charge >= 0.3 is 5.97 Å². The zero-order valence-corrected chi connectivity index (χ0v) is 20.2. The second-order valence-corrected chi connectivity index (χ2v) is 9.70. The van der Waals surface area contributed by atoms with E-state index in [1.165, 1.54) is 0 Å². The summed E-state index contributed by atoms with van der Waals surface area (Å²) in [4.78, 5) is 27.1. The molecule has 6 heteroatoms. The number of benzene rings is 2. The number of ketones is 1. The molecular weight excluding hydrogens is 442 g/mol. The summed E-state index contributed by atoms with van der Waals surface area (Å²) in [5.41, 5.74) is 4.39. The minimum Gasteiger partial charge on any atom is -0.508 e. The molecule has 0 saturated heterocycles. The first-order chi connectivity index (χ1) is 16.9. The Bertz CT molecular complexity index is 1200.